The first-order chi connectivity index (χ1) is 7.06. The molecule has 0 aromatic heterocycles. The minimum absolute atomic E-state index is 0.119. The predicted molar refractivity (Wildman–Crippen MR) is 57.5 cm³/mol. The van der Waals surface area contributed by atoms with Gasteiger partial charge in [0.05, 0.1) is 0 Å². The van der Waals surface area contributed by atoms with E-state index in [1.165, 1.54) is 6.07 Å². The van der Waals surface area contributed by atoms with Gasteiger partial charge < -0.3 is 5.73 Å². The molecule has 2 unspecified atom stereocenters. The Morgan fingerprint density at radius 3 is 2.60 bits per heavy atom. The minimum Gasteiger partial charge on any atom is -0.327 e. The summed E-state index contributed by atoms with van der Waals surface area (Å²) in [5.41, 5.74) is 6.25. The SMILES string of the molecule is CCC(C)C(N)Cc1cccc(F)c1F. The third-order valence-electron chi connectivity index (χ3n) is 2.86. The Bertz CT molecular complexity index is 325. The highest BCUT2D eigenvalue weighted by molar-refractivity contribution is 5.20. The highest BCUT2D eigenvalue weighted by atomic mass is 19.2. The molecule has 2 N–H and O–H groups in total. The van der Waals surface area contributed by atoms with E-state index in [1.54, 1.807) is 6.07 Å². The molecule has 0 amide bonds. The third-order valence-corrected chi connectivity index (χ3v) is 2.86. The topological polar surface area (TPSA) is 26.0 Å². The van der Waals surface area contributed by atoms with E-state index in [0.29, 0.717) is 17.9 Å². The highest BCUT2D eigenvalue weighted by Gasteiger charge is 2.15. The Hall–Kier alpha value is -0.960. The molecule has 0 bridgehead atoms. The zero-order valence-electron chi connectivity index (χ0n) is 9.13. The van der Waals surface area contributed by atoms with Crippen molar-refractivity contribution < 1.29 is 8.78 Å². The van der Waals surface area contributed by atoms with Crippen molar-refractivity contribution in [3.8, 4) is 0 Å². The molecule has 1 nitrogen and oxygen atoms in total. The Morgan fingerprint density at radius 2 is 2.00 bits per heavy atom. The van der Waals surface area contributed by atoms with Crippen LogP contribution in [0.4, 0.5) is 8.78 Å². The summed E-state index contributed by atoms with van der Waals surface area (Å²) in [7, 11) is 0. The molecule has 1 aromatic rings. The molecule has 3 heteroatoms. The summed E-state index contributed by atoms with van der Waals surface area (Å²) in [6, 6.07) is 4.09. The van der Waals surface area contributed by atoms with Gasteiger partial charge in [0.2, 0.25) is 0 Å². The Labute approximate surface area is 89.3 Å². The minimum atomic E-state index is -0.802. The fraction of sp³-hybridized carbons (Fsp3) is 0.500. The second kappa shape index (κ2) is 5.21. The molecule has 1 aromatic carbocycles. The van der Waals surface area contributed by atoms with Crippen molar-refractivity contribution in [2.45, 2.75) is 32.7 Å². The molecule has 0 fully saturated rings. The van der Waals surface area contributed by atoms with Gasteiger partial charge in [0.1, 0.15) is 0 Å². The van der Waals surface area contributed by atoms with Crippen LogP contribution in [-0.4, -0.2) is 6.04 Å². The lowest BCUT2D eigenvalue weighted by Crippen LogP contribution is -2.30. The van der Waals surface area contributed by atoms with Crippen LogP contribution in [0.1, 0.15) is 25.8 Å². The second-order valence-corrected chi connectivity index (χ2v) is 3.97. The monoisotopic (exact) mass is 213 g/mol. The normalized spacial score (nSPS) is 15.0. The molecule has 0 aliphatic carbocycles. The Kier molecular flexibility index (Phi) is 4.21. The molecular formula is C12H17F2N. The standard InChI is InChI=1S/C12H17F2N/c1-3-8(2)11(15)7-9-5-4-6-10(13)12(9)14/h4-6,8,11H,3,7,15H2,1-2H3. The number of hydrogen-bond donors (Lipinski definition) is 1. The summed E-state index contributed by atoms with van der Waals surface area (Å²) in [6.45, 7) is 4.05. The second-order valence-electron chi connectivity index (χ2n) is 3.97. The van der Waals surface area contributed by atoms with E-state index in [0.717, 1.165) is 12.5 Å². The summed E-state index contributed by atoms with van der Waals surface area (Å²) in [6.07, 6.45) is 1.33. The number of halogens is 2. The van der Waals surface area contributed by atoms with Gasteiger partial charge in [-0.3, -0.25) is 0 Å². The van der Waals surface area contributed by atoms with Gasteiger partial charge in [-0.05, 0) is 24.0 Å². The number of hydrogen-bond acceptors (Lipinski definition) is 1. The van der Waals surface area contributed by atoms with E-state index in [9.17, 15) is 8.78 Å². The van der Waals surface area contributed by atoms with E-state index >= 15 is 0 Å². The van der Waals surface area contributed by atoms with E-state index in [2.05, 4.69) is 0 Å². The van der Waals surface area contributed by atoms with Gasteiger partial charge in [-0.1, -0.05) is 32.4 Å². The van der Waals surface area contributed by atoms with Crippen molar-refractivity contribution in [3.05, 3.63) is 35.4 Å². The molecule has 2 atom stereocenters. The molecule has 0 aliphatic rings. The van der Waals surface area contributed by atoms with Crippen LogP contribution in [0, 0.1) is 17.6 Å². The van der Waals surface area contributed by atoms with Gasteiger partial charge in [-0.25, -0.2) is 8.78 Å². The van der Waals surface area contributed by atoms with Crippen molar-refractivity contribution in [2.75, 3.05) is 0 Å². The van der Waals surface area contributed by atoms with Crippen molar-refractivity contribution in [1.82, 2.24) is 0 Å². The number of benzene rings is 1. The van der Waals surface area contributed by atoms with Gasteiger partial charge >= 0.3 is 0 Å². The Balaban J connectivity index is 2.76. The lowest BCUT2D eigenvalue weighted by Gasteiger charge is -2.18. The van der Waals surface area contributed by atoms with Crippen LogP contribution < -0.4 is 5.73 Å². The van der Waals surface area contributed by atoms with Crippen LogP contribution in [-0.2, 0) is 6.42 Å². The first-order valence-corrected chi connectivity index (χ1v) is 5.24. The first kappa shape index (κ1) is 12.1. The number of nitrogens with two attached hydrogens (primary N) is 1. The summed E-state index contributed by atoms with van der Waals surface area (Å²) >= 11 is 0. The van der Waals surface area contributed by atoms with Gasteiger partial charge in [-0.15, -0.1) is 0 Å². The van der Waals surface area contributed by atoms with Crippen molar-refractivity contribution in [3.63, 3.8) is 0 Å². The zero-order chi connectivity index (χ0) is 11.4. The van der Waals surface area contributed by atoms with Crippen molar-refractivity contribution in [2.24, 2.45) is 11.7 Å². The van der Waals surface area contributed by atoms with Crippen molar-refractivity contribution >= 4 is 0 Å². The summed E-state index contributed by atoms with van der Waals surface area (Å²) in [5.74, 6) is -1.26. The predicted octanol–water partition coefficient (Wildman–Crippen LogP) is 2.88. The smallest absolute Gasteiger partial charge is 0.162 e. The van der Waals surface area contributed by atoms with Gasteiger partial charge in [0, 0.05) is 6.04 Å². The molecule has 0 saturated heterocycles. The highest BCUT2D eigenvalue weighted by Crippen LogP contribution is 2.16. The maximum absolute atomic E-state index is 13.3. The molecule has 15 heavy (non-hydrogen) atoms. The molecular weight excluding hydrogens is 196 g/mol. The van der Waals surface area contributed by atoms with Crippen LogP contribution in [0.25, 0.3) is 0 Å². The first-order valence-electron chi connectivity index (χ1n) is 5.24. The molecule has 1 rings (SSSR count). The summed E-state index contributed by atoms with van der Waals surface area (Å²) in [4.78, 5) is 0. The lowest BCUT2D eigenvalue weighted by atomic mass is 9.93. The van der Waals surface area contributed by atoms with Gasteiger partial charge in [-0.2, -0.15) is 0 Å². The van der Waals surface area contributed by atoms with Gasteiger partial charge in [0.15, 0.2) is 11.6 Å². The lowest BCUT2D eigenvalue weighted by molar-refractivity contribution is 0.427. The van der Waals surface area contributed by atoms with Crippen LogP contribution in [0.5, 0.6) is 0 Å². The quantitative estimate of drug-likeness (QED) is 0.817. The van der Waals surface area contributed by atoms with E-state index in [-0.39, 0.29) is 6.04 Å². The van der Waals surface area contributed by atoms with Crippen LogP contribution in [0.15, 0.2) is 18.2 Å². The van der Waals surface area contributed by atoms with E-state index in [1.807, 2.05) is 13.8 Å². The zero-order valence-corrected chi connectivity index (χ0v) is 9.13. The third kappa shape index (κ3) is 2.99. The molecule has 0 saturated carbocycles. The van der Waals surface area contributed by atoms with Crippen LogP contribution in [0.2, 0.25) is 0 Å². The van der Waals surface area contributed by atoms with Gasteiger partial charge in [0.25, 0.3) is 0 Å². The fourth-order valence-corrected chi connectivity index (χ4v) is 1.46. The van der Waals surface area contributed by atoms with Crippen LogP contribution in [0.3, 0.4) is 0 Å². The maximum atomic E-state index is 13.3. The molecule has 0 heterocycles. The summed E-state index contributed by atoms with van der Waals surface area (Å²) in [5, 5.41) is 0. The average molecular weight is 213 g/mol. The largest absolute Gasteiger partial charge is 0.327 e. The molecule has 84 valence electrons. The van der Waals surface area contributed by atoms with E-state index in [4.69, 9.17) is 5.73 Å². The molecule has 0 aliphatic heterocycles. The molecule has 0 spiro atoms. The van der Waals surface area contributed by atoms with Crippen molar-refractivity contribution in [1.29, 1.82) is 0 Å². The number of rotatable bonds is 4. The Morgan fingerprint density at radius 1 is 1.33 bits per heavy atom. The van der Waals surface area contributed by atoms with Crippen LogP contribution >= 0.6 is 0 Å². The summed E-state index contributed by atoms with van der Waals surface area (Å²) < 4.78 is 26.2. The maximum Gasteiger partial charge on any atom is 0.162 e. The average Bonchev–Trinajstić information content (AvgIpc) is 2.23. The molecule has 0 radical (unpaired) electrons. The van der Waals surface area contributed by atoms with E-state index < -0.39 is 11.6 Å². The fourth-order valence-electron chi connectivity index (χ4n) is 1.46.